The van der Waals surface area contributed by atoms with E-state index in [1.807, 2.05) is 25.7 Å². The summed E-state index contributed by atoms with van der Waals surface area (Å²) in [4.78, 5) is 28.3. The lowest BCUT2D eigenvalue weighted by Gasteiger charge is -2.31. The number of hydrogen-bond donors (Lipinski definition) is 1. The molecule has 1 saturated heterocycles. The molecule has 0 radical (unpaired) electrons. The van der Waals surface area contributed by atoms with Gasteiger partial charge in [-0.1, -0.05) is 0 Å². The Hall–Kier alpha value is -3.49. The van der Waals surface area contributed by atoms with E-state index in [9.17, 15) is 9.18 Å². The standard InChI is InChI=1S/C27H32FN5O3/c1-27(2,3)36-24(34)19-11-14-33(15-12-19)26-32-22(18-6-8-20(28)9-7-18)23(35-26)21-10-13-29-25(31-21)30-16-17-4-5-17/h6-10,13,17,19H,4-5,11-12,14-16H2,1-3H3,(H,29,30,31). The number of oxazole rings is 1. The minimum atomic E-state index is -0.500. The number of esters is 1. The van der Waals surface area contributed by atoms with Crippen molar-refractivity contribution in [1.82, 2.24) is 15.0 Å². The monoisotopic (exact) mass is 493 g/mol. The van der Waals surface area contributed by atoms with Crippen LogP contribution in [0.2, 0.25) is 0 Å². The number of hydrogen-bond acceptors (Lipinski definition) is 8. The summed E-state index contributed by atoms with van der Waals surface area (Å²) in [7, 11) is 0. The topological polar surface area (TPSA) is 93.4 Å². The molecule has 1 N–H and O–H groups in total. The number of carbonyl (C=O) groups excluding carboxylic acids is 1. The fourth-order valence-corrected chi connectivity index (χ4v) is 4.24. The number of rotatable bonds is 7. The van der Waals surface area contributed by atoms with Crippen LogP contribution in [0.5, 0.6) is 0 Å². The van der Waals surface area contributed by atoms with Crippen molar-refractivity contribution in [3.05, 3.63) is 42.3 Å². The van der Waals surface area contributed by atoms with Gasteiger partial charge < -0.3 is 19.4 Å². The van der Waals surface area contributed by atoms with Gasteiger partial charge >= 0.3 is 5.97 Å². The quantitative estimate of drug-likeness (QED) is 0.442. The molecular weight excluding hydrogens is 461 g/mol. The van der Waals surface area contributed by atoms with Crippen molar-refractivity contribution in [2.24, 2.45) is 11.8 Å². The average molecular weight is 494 g/mol. The average Bonchev–Trinajstić information content (AvgIpc) is 3.58. The first-order valence-electron chi connectivity index (χ1n) is 12.6. The van der Waals surface area contributed by atoms with Crippen LogP contribution in [0.3, 0.4) is 0 Å². The van der Waals surface area contributed by atoms with Crippen LogP contribution >= 0.6 is 0 Å². The van der Waals surface area contributed by atoms with Crippen molar-refractivity contribution in [1.29, 1.82) is 0 Å². The summed E-state index contributed by atoms with van der Waals surface area (Å²) in [5.41, 5.74) is 1.42. The summed E-state index contributed by atoms with van der Waals surface area (Å²) in [6.07, 6.45) is 5.47. The number of nitrogens with zero attached hydrogens (tertiary/aromatic N) is 4. The molecule has 1 saturated carbocycles. The first-order valence-corrected chi connectivity index (χ1v) is 12.6. The van der Waals surface area contributed by atoms with Gasteiger partial charge in [-0.25, -0.2) is 14.4 Å². The molecule has 0 spiro atoms. The molecule has 0 bridgehead atoms. The number of aromatic nitrogens is 3. The normalized spacial score (nSPS) is 16.7. The summed E-state index contributed by atoms with van der Waals surface area (Å²) in [6, 6.07) is 8.42. The second-order valence-electron chi connectivity index (χ2n) is 10.6. The Kier molecular flexibility index (Phi) is 6.64. The van der Waals surface area contributed by atoms with Crippen molar-refractivity contribution in [2.45, 2.75) is 52.1 Å². The predicted octanol–water partition coefficient (Wildman–Crippen LogP) is 5.32. The molecule has 5 rings (SSSR count). The minimum absolute atomic E-state index is 0.145. The van der Waals surface area contributed by atoms with Crippen LogP contribution in [-0.2, 0) is 9.53 Å². The lowest BCUT2D eigenvalue weighted by Crippen LogP contribution is -2.39. The largest absolute Gasteiger partial charge is 0.460 e. The number of benzene rings is 1. The highest BCUT2D eigenvalue weighted by Crippen LogP contribution is 2.36. The van der Waals surface area contributed by atoms with E-state index < -0.39 is 5.60 Å². The van der Waals surface area contributed by atoms with E-state index in [2.05, 4.69) is 15.3 Å². The highest BCUT2D eigenvalue weighted by molar-refractivity contribution is 5.77. The Bertz CT molecular complexity index is 1210. The molecule has 9 heteroatoms. The number of halogens is 1. The van der Waals surface area contributed by atoms with Crippen molar-refractivity contribution in [3.8, 4) is 22.7 Å². The third-order valence-electron chi connectivity index (χ3n) is 6.37. The van der Waals surface area contributed by atoms with Crippen LogP contribution in [-0.4, -0.2) is 46.2 Å². The van der Waals surface area contributed by atoms with Gasteiger partial charge in [-0.05, 0) is 82.7 Å². The number of carbonyl (C=O) groups is 1. The lowest BCUT2D eigenvalue weighted by atomic mass is 9.97. The van der Waals surface area contributed by atoms with E-state index in [4.69, 9.17) is 14.1 Å². The first-order chi connectivity index (χ1) is 17.2. The Morgan fingerprint density at radius 2 is 1.83 bits per heavy atom. The molecule has 2 fully saturated rings. The third kappa shape index (κ3) is 5.83. The van der Waals surface area contributed by atoms with Crippen LogP contribution < -0.4 is 10.2 Å². The van der Waals surface area contributed by atoms with Crippen molar-refractivity contribution < 1.29 is 18.3 Å². The van der Waals surface area contributed by atoms with Crippen molar-refractivity contribution in [2.75, 3.05) is 29.9 Å². The van der Waals surface area contributed by atoms with Crippen molar-refractivity contribution in [3.63, 3.8) is 0 Å². The smallest absolute Gasteiger partial charge is 0.309 e. The maximum Gasteiger partial charge on any atom is 0.309 e. The van der Waals surface area contributed by atoms with Crippen LogP contribution in [0.25, 0.3) is 22.7 Å². The summed E-state index contributed by atoms with van der Waals surface area (Å²) < 4.78 is 25.5. The molecule has 3 heterocycles. The van der Waals surface area contributed by atoms with E-state index >= 15 is 0 Å². The van der Waals surface area contributed by atoms with Gasteiger partial charge in [0.1, 0.15) is 22.8 Å². The Balaban J connectivity index is 1.39. The molecule has 2 aromatic heterocycles. The van der Waals surface area contributed by atoms with Crippen LogP contribution in [0.15, 0.2) is 40.9 Å². The zero-order chi connectivity index (χ0) is 25.3. The van der Waals surface area contributed by atoms with Gasteiger partial charge in [0, 0.05) is 31.4 Å². The van der Waals surface area contributed by atoms with Gasteiger partial charge in [-0.15, -0.1) is 0 Å². The molecule has 190 valence electrons. The molecule has 36 heavy (non-hydrogen) atoms. The molecule has 1 aliphatic carbocycles. The van der Waals surface area contributed by atoms with E-state index in [1.165, 1.54) is 25.0 Å². The maximum atomic E-state index is 13.6. The van der Waals surface area contributed by atoms with Crippen LogP contribution in [0.1, 0.15) is 46.5 Å². The number of nitrogens with one attached hydrogen (secondary N) is 1. The first kappa shape index (κ1) is 24.2. The fraction of sp³-hybridized carbons (Fsp3) is 0.481. The zero-order valence-electron chi connectivity index (χ0n) is 21.0. The third-order valence-corrected chi connectivity index (χ3v) is 6.37. The second kappa shape index (κ2) is 9.87. The van der Waals surface area contributed by atoms with E-state index in [0.717, 1.165) is 12.1 Å². The molecule has 1 aromatic carbocycles. The zero-order valence-corrected chi connectivity index (χ0v) is 21.0. The predicted molar refractivity (Wildman–Crippen MR) is 135 cm³/mol. The molecule has 1 aliphatic heterocycles. The molecule has 0 amide bonds. The molecule has 8 nitrogen and oxygen atoms in total. The number of piperidine rings is 1. The van der Waals surface area contributed by atoms with Gasteiger partial charge in [0.15, 0.2) is 5.76 Å². The molecule has 0 unspecified atom stereocenters. The molecular formula is C27H32FN5O3. The lowest BCUT2D eigenvalue weighted by molar-refractivity contribution is -0.160. The second-order valence-corrected chi connectivity index (χ2v) is 10.6. The van der Waals surface area contributed by atoms with E-state index in [0.29, 0.717) is 61.0 Å². The summed E-state index contributed by atoms with van der Waals surface area (Å²) in [5, 5.41) is 3.30. The van der Waals surface area contributed by atoms with E-state index in [-0.39, 0.29) is 17.7 Å². The SMILES string of the molecule is CC(C)(C)OC(=O)C1CCN(c2nc(-c3ccc(F)cc3)c(-c3ccnc(NCC4CC4)n3)o2)CC1. The molecule has 2 aliphatic rings. The van der Waals surface area contributed by atoms with Crippen molar-refractivity contribution >= 4 is 17.9 Å². The Labute approximate surface area is 210 Å². The van der Waals surface area contributed by atoms with Gasteiger partial charge in [-0.3, -0.25) is 4.79 Å². The fourth-order valence-electron chi connectivity index (χ4n) is 4.24. The van der Waals surface area contributed by atoms with E-state index in [1.54, 1.807) is 24.4 Å². The van der Waals surface area contributed by atoms with Gasteiger partial charge in [0.05, 0.1) is 5.92 Å². The summed E-state index contributed by atoms with van der Waals surface area (Å²) in [6.45, 7) is 7.72. The summed E-state index contributed by atoms with van der Waals surface area (Å²) >= 11 is 0. The van der Waals surface area contributed by atoms with Crippen LogP contribution in [0.4, 0.5) is 16.4 Å². The minimum Gasteiger partial charge on any atom is -0.460 e. The maximum absolute atomic E-state index is 13.6. The van der Waals surface area contributed by atoms with Gasteiger partial charge in [-0.2, -0.15) is 4.98 Å². The summed E-state index contributed by atoms with van der Waals surface area (Å²) in [5.74, 6) is 1.11. The highest BCUT2D eigenvalue weighted by Gasteiger charge is 2.31. The molecule has 0 atom stereocenters. The molecule has 3 aromatic rings. The number of ether oxygens (including phenoxy) is 1. The Morgan fingerprint density at radius 1 is 1.11 bits per heavy atom. The Morgan fingerprint density at radius 3 is 2.50 bits per heavy atom. The van der Waals surface area contributed by atoms with Crippen LogP contribution in [0, 0.1) is 17.7 Å². The number of anilines is 2. The highest BCUT2D eigenvalue weighted by atomic mass is 19.1. The van der Waals surface area contributed by atoms with Gasteiger partial charge in [0.25, 0.3) is 6.01 Å². The van der Waals surface area contributed by atoms with Gasteiger partial charge in [0.2, 0.25) is 5.95 Å².